The van der Waals surface area contributed by atoms with Crippen LogP contribution in [0.4, 0.5) is 0 Å². The smallest absolute Gasteiger partial charge is 0.305 e. The van der Waals surface area contributed by atoms with Crippen molar-refractivity contribution in [2.45, 2.75) is 39.7 Å². The lowest BCUT2D eigenvalue weighted by Gasteiger charge is -2.28. The molecule has 1 aromatic carbocycles. The van der Waals surface area contributed by atoms with Gasteiger partial charge in [-0.3, -0.25) is 9.59 Å². The quantitative estimate of drug-likeness (QED) is 0.797. The van der Waals surface area contributed by atoms with Crippen molar-refractivity contribution in [2.24, 2.45) is 0 Å². The molecule has 1 aromatic heterocycles. The van der Waals surface area contributed by atoms with Crippen molar-refractivity contribution in [3.63, 3.8) is 0 Å². The number of aliphatic carboxylic acids is 1. The summed E-state index contributed by atoms with van der Waals surface area (Å²) in [5, 5.41) is 12.0. The first-order valence-electron chi connectivity index (χ1n) is 8.46. The van der Waals surface area contributed by atoms with Gasteiger partial charge in [0.15, 0.2) is 0 Å². The molecule has 1 amide bonds. The predicted molar refractivity (Wildman–Crippen MR) is 100.0 cm³/mol. The molecule has 0 saturated heterocycles. The molecule has 0 radical (unpaired) electrons. The number of rotatable bonds is 7. The van der Waals surface area contributed by atoms with Crippen molar-refractivity contribution >= 4 is 11.9 Å². The van der Waals surface area contributed by atoms with Gasteiger partial charge in [-0.1, -0.05) is 18.2 Å². The van der Waals surface area contributed by atoms with Gasteiger partial charge in [0, 0.05) is 24.2 Å². The Hall–Kier alpha value is -2.60. The number of nitrogens with zero attached hydrogens (tertiary/aromatic N) is 1. The van der Waals surface area contributed by atoms with Crippen LogP contribution in [0.15, 0.2) is 30.3 Å². The Kier molecular flexibility index (Phi) is 5.87. The van der Waals surface area contributed by atoms with Gasteiger partial charge in [0.25, 0.3) is 5.91 Å². The van der Waals surface area contributed by atoms with Gasteiger partial charge in [-0.05, 0) is 45.4 Å². The standard InChI is InChI=1S/C20H26N2O4/c1-13-8-6-7-9-17(13)22-14(2)10-16(15(22)3)19(25)21-20(4,12-26-5)11-18(23)24/h6-10H,11-12H2,1-5H3,(H,21,25)(H,23,24). The van der Waals surface area contributed by atoms with Crippen molar-refractivity contribution in [2.75, 3.05) is 13.7 Å². The fourth-order valence-corrected chi connectivity index (χ4v) is 3.30. The average molecular weight is 358 g/mol. The summed E-state index contributed by atoms with van der Waals surface area (Å²) in [6.07, 6.45) is -0.219. The summed E-state index contributed by atoms with van der Waals surface area (Å²) in [4.78, 5) is 24.0. The van der Waals surface area contributed by atoms with E-state index in [2.05, 4.69) is 5.32 Å². The van der Waals surface area contributed by atoms with Crippen LogP contribution in [0.5, 0.6) is 0 Å². The molecule has 0 aliphatic rings. The Labute approximate surface area is 153 Å². The minimum absolute atomic E-state index is 0.113. The highest BCUT2D eigenvalue weighted by Gasteiger charge is 2.31. The van der Waals surface area contributed by atoms with E-state index in [9.17, 15) is 9.59 Å². The molecule has 2 N–H and O–H groups in total. The second kappa shape index (κ2) is 7.74. The second-order valence-electron chi connectivity index (χ2n) is 6.93. The number of benzene rings is 1. The van der Waals surface area contributed by atoms with Crippen LogP contribution in [-0.2, 0) is 9.53 Å². The van der Waals surface area contributed by atoms with Crippen LogP contribution in [-0.4, -0.2) is 40.8 Å². The van der Waals surface area contributed by atoms with Crippen LogP contribution in [0.3, 0.4) is 0 Å². The number of ether oxygens (including phenoxy) is 1. The van der Waals surface area contributed by atoms with Gasteiger partial charge in [-0.15, -0.1) is 0 Å². The lowest BCUT2D eigenvalue weighted by Crippen LogP contribution is -2.50. The Morgan fingerprint density at radius 3 is 2.46 bits per heavy atom. The predicted octanol–water partition coefficient (Wildman–Crippen LogP) is 3.01. The number of nitrogens with one attached hydrogen (secondary N) is 1. The maximum Gasteiger partial charge on any atom is 0.305 e. The minimum Gasteiger partial charge on any atom is -0.481 e. The number of carbonyl (C=O) groups is 2. The third-order valence-corrected chi connectivity index (χ3v) is 4.45. The first-order chi connectivity index (χ1) is 12.2. The summed E-state index contributed by atoms with van der Waals surface area (Å²) in [7, 11) is 1.48. The molecule has 1 atom stereocenters. The van der Waals surface area contributed by atoms with Gasteiger partial charge in [-0.2, -0.15) is 0 Å². The lowest BCUT2D eigenvalue weighted by molar-refractivity contribution is -0.139. The maximum absolute atomic E-state index is 12.8. The molecular weight excluding hydrogens is 332 g/mol. The van der Waals surface area contributed by atoms with E-state index < -0.39 is 11.5 Å². The molecule has 26 heavy (non-hydrogen) atoms. The van der Waals surface area contributed by atoms with Gasteiger partial charge in [0.2, 0.25) is 0 Å². The molecule has 6 nitrogen and oxygen atoms in total. The zero-order valence-electron chi connectivity index (χ0n) is 15.9. The van der Waals surface area contributed by atoms with Gasteiger partial charge < -0.3 is 19.7 Å². The van der Waals surface area contributed by atoms with Crippen LogP contribution in [0.1, 0.15) is 40.7 Å². The van der Waals surface area contributed by atoms with Gasteiger partial charge in [0.05, 0.1) is 24.1 Å². The Bertz CT molecular complexity index is 825. The van der Waals surface area contributed by atoms with E-state index in [1.807, 2.05) is 55.7 Å². The molecule has 1 heterocycles. The van der Waals surface area contributed by atoms with Crippen molar-refractivity contribution in [1.82, 2.24) is 9.88 Å². The van der Waals surface area contributed by atoms with E-state index in [0.29, 0.717) is 5.56 Å². The number of carboxylic acid groups (broad SMARTS) is 1. The zero-order chi connectivity index (χ0) is 19.5. The van der Waals surface area contributed by atoms with Gasteiger partial charge in [-0.25, -0.2) is 0 Å². The summed E-state index contributed by atoms with van der Waals surface area (Å²) >= 11 is 0. The minimum atomic E-state index is -0.991. The SMILES string of the molecule is COCC(C)(CC(=O)O)NC(=O)c1cc(C)n(-c2ccccc2C)c1C. The van der Waals surface area contributed by atoms with E-state index in [0.717, 1.165) is 22.6 Å². The van der Waals surface area contributed by atoms with E-state index >= 15 is 0 Å². The fourth-order valence-electron chi connectivity index (χ4n) is 3.30. The Morgan fingerprint density at radius 2 is 1.88 bits per heavy atom. The summed E-state index contributed by atoms with van der Waals surface area (Å²) in [5.41, 5.74) is 3.42. The molecular formula is C20H26N2O4. The first-order valence-corrected chi connectivity index (χ1v) is 8.46. The molecule has 0 bridgehead atoms. The summed E-state index contributed by atoms with van der Waals surface area (Å²) in [5.74, 6) is -1.30. The highest BCUT2D eigenvalue weighted by Crippen LogP contribution is 2.24. The number of methoxy groups -OCH3 is 1. The first kappa shape index (κ1) is 19.7. The fraction of sp³-hybridized carbons (Fsp3) is 0.400. The third kappa shape index (κ3) is 4.14. The van der Waals surface area contributed by atoms with Crippen LogP contribution in [0, 0.1) is 20.8 Å². The molecule has 0 fully saturated rings. The Balaban J connectivity index is 2.38. The van der Waals surface area contributed by atoms with Crippen LogP contribution >= 0.6 is 0 Å². The number of aryl methyl sites for hydroxylation is 2. The summed E-state index contributed by atoms with van der Waals surface area (Å²) < 4.78 is 7.14. The average Bonchev–Trinajstić information content (AvgIpc) is 2.82. The van der Waals surface area contributed by atoms with Crippen LogP contribution in [0.2, 0.25) is 0 Å². The number of para-hydroxylation sites is 1. The van der Waals surface area contributed by atoms with E-state index in [1.54, 1.807) is 6.92 Å². The third-order valence-electron chi connectivity index (χ3n) is 4.45. The maximum atomic E-state index is 12.8. The second-order valence-corrected chi connectivity index (χ2v) is 6.93. The number of hydrogen-bond donors (Lipinski definition) is 2. The van der Waals surface area contributed by atoms with Crippen molar-refractivity contribution in [3.05, 3.63) is 52.8 Å². The largest absolute Gasteiger partial charge is 0.481 e. The van der Waals surface area contributed by atoms with Gasteiger partial charge in [0.1, 0.15) is 0 Å². The van der Waals surface area contributed by atoms with Crippen molar-refractivity contribution in [1.29, 1.82) is 0 Å². The number of hydrogen-bond acceptors (Lipinski definition) is 3. The summed E-state index contributed by atoms with van der Waals surface area (Å²) in [6.45, 7) is 7.64. The Morgan fingerprint density at radius 1 is 1.23 bits per heavy atom. The van der Waals surface area contributed by atoms with Crippen molar-refractivity contribution < 1.29 is 19.4 Å². The van der Waals surface area contributed by atoms with E-state index in [1.165, 1.54) is 7.11 Å². The molecule has 2 aromatic rings. The normalized spacial score (nSPS) is 13.3. The summed E-state index contributed by atoms with van der Waals surface area (Å²) in [6, 6.07) is 9.80. The zero-order valence-corrected chi connectivity index (χ0v) is 15.9. The van der Waals surface area contributed by atoms with Crippen LogP contribution < -0.4 is 5.32 Å². The number of aromatic nitrogens is 1. The molecule has 0 saturated carbocycles. The highest BCUT2D eigenvalue weighted by molar-refractivity contribution is 5.96. The highest BCUT2D eigenvalue weighted by atomic mass is 16.5. The molecule has 0 aliphatic carbocycles. The molecule has 0 aliphatic heterocycles. The van der Waals surface area contributed by atoms with E-state index in [4.69, 9.17) is 9.84 Å². The van der Waals surface area contributed by atoms with Gasteiger partial charge >= 0.3 is 5.97 Å². The molecule has 6 heteroatoms. The topological polar surface area (TPSA) is 80.6 Å². The number of carboxylic acids is 1. The van der Waals surface area contributed by atoms with Crippen LogP contribution in [0.25, 0.3) is 5.69 Å². The van der Waals surface area contributed by atoms with Crippen molar-refractivity contribution in [3.8, 4) is 5.69 Å². The molecule has 140 valence electrons. The number of carbonyl (C=O) groups excluding carboxylic acids is 1. The monoisotopic (exact) mass is 358 g/mol. The molecule has 2 rings (SSSR count). The lowest BCUT2D eigenvalue weighted by atomic mass is 9.98. The molecule has 1 unspecified atom stereocenters. The number of amides is 1. The van der Waals surface area contributed by atoms with E-state index in [-0.39, 0.29) is 18.9 Å². The molecule has 0 spiro atoms.